The number of rotatable bonds is 8. The molecule has 0 radical (unpaired) electrons. The smallest absolute Gasteiger partial charge is 0.121 e. The van der Waals surface area contributed by atoms with Crippen molar-refractivity contribution < 1.29 is 20.1 Å². The van der Waals surface area contributed by atoms with Crippen LogP contribution in [0.5, 0.6) is 11.5 Å². The van der Waals surface area contributed by atoms with E-state index in [0.717, 1.165) is 27.8 Å². The molecule has 2 rings (SSSR count). The molecule has 27 heavy (non-hydrogen) atoms. The van der Waals surface area contributed by atoms with Gasteiger partial charge in [0, 0.05) is 22.9 Å². The summed E-state index contributed by atoms with van der Waals surface area (Å²) in [5, 5.41) is 30.6. The summed E-state index contributed by atoms with van der Waals surface area (Å²) in [6.07, 6.45) is 1.86. The zero-order valence-corrected chi connectivity index (χ0v) is 17.1. The maximum atomic E-state index is 10.4. The summed E-state index contributed by atoms with van der Waals surface area (Å²) in [6, 6.07) is 12.3. The summed E-state index contributed by atoms with van der Waals surface area (Å²) in [5.41, 5.74) is 5.44. The highest BCUT2D eigenvalue weighted by Gasteiger charge is 2.12. The lowest BCUT2D eigenvalue weighted by molar-refractivity contribution is 0.176. The van der Waals surface area contributed by atoms with E-state index in [1.54, 1.807) is 31.4 Å². The maximum absolute atomic E-state index is 10.4. The first-order chi connectivity index (χ1) is 12.9. The highest BCUT2D eigenvalue weighted by Crippen LogP contribution is 2.30. The summed E-state index contributed by atoms with van der Waals surface area (Å²) < 4.78 is 5.93. The van der Waals surface area contributed by atoms with Gasteiger partial charge in [-0.25, -0.2) is 0 Å². The molecule has 0 amide bonds. The Hall–Kier alpha value is -2.04. The van der Waals surface area contributed by atoms with Crippen LogP contribution in [-0.4, -0.2) is 22.4 Å². The van der Waals surface area contributed by atoms with Crippen molar-refractivity contribution in [3.63, 3.8) is 0 Å². The molecular weight excluding hydrogens is 408 g/mol. The number of methoxy groups -OCH3 is 1. The number of hydrogen-bond donors (Lipinski definition) is 3. The number of benzene rings is 2. The van der Waals surface area contributed by atoms with E-state index in [1.165, 1.54) is 0 Å². The second kappa shape index (κ2) is 10.3. The molecule has 4 nitrogen and oxygen atoms in total. The molecule has 0 heterocycles. The van der Waals surface area contributed by atoms with Gasteiger partial charge in [0.15, 0.2) is 0 Å². The summed E-state index contributed by atoms with van der Waals surface area (Å²) in [7, 11) is 1.61. The van der Waals surface area contributed by atoms with Gasteiger partial charge in [-0.05, 0) is 54.0 Å². The van der Waals surface area contributed by atoms with Crippen molar-refractivity contribution in [2.45, 2.75) is 38.4 Å². The zero-order valence-electron chi connectivity index (χ0n) is 15.5. The van der Waals surface area contributed by atoms with Gasteiger partial charge in [-0.2, -0.15) is 0 Å². The Morgan fingerprint density at radius 3 is 2.48 bits per heavy atom. The van der Waals surface area contributed by atoms with Crippen molar-refractivity contribution in [3.05, 3.63) is 75.4 Å². The zero-order chi connectivity index (χ0) is 19.8. The molecule has 0 saturated heterocycles. The molecule has 0 saturated carbocycles. The fourth-order valence-electron chi connectivity index (χ4n) is 2.72. The van der Waals surface area contributed by atoms with E-state index in [2.05, 4.69) is 21.7 Å². The van der Waals surface area contributed by atoms with Gasteiger partial charge in [0.2, 0.25) is 0 Å². The van der Waals surface area contributed by atoms with E-state index >= 15 is 0 Å². The van der Waals surface area contributed by atoms with Gasteiger partial charge in [0.25, 0.3) is 0 Å². The molecule has 5 heteroatoms. The van der Waals surface area contributed by atoms with Crippen molar-refractivity contribution in [2.24, 2.45) is 0 Å². The van der Waals surface area contributed by atoms with Crippen LogP contribution in [0.4, 0.5) is 0 Å². The van der Waals surface area contributed by atoms with Gasteiger partial charge in [-0.3, -0.25) is 0 Å². The summed E-state index contributed by atoms with van der Waals surface area (Å²) in [6.45, 7) is 2.01. The summed E-state index contributed by atoms with van der Waals surface area (Å²) >= 11 is 3.34. The van der Waals surface area contributed by atoms with Crippen LogP contribution >= 0.6 is 15.9 Å². The lowest BCUT2D eigenvalue weighted by Gasteiger charge is -2.12. The van der Waals surface area contributed by atoms with Crippen molar-refractivity contribution >= 4 is 15.9 Å². The van der Waals surface area contributed by atoms with Gasteiger partial charge in [0.1, 0.15) is 11.5 Å². The molecule has 0 fully saturated rings. The molecule has 3 N–H and O–H groups in total. The monoisotopic (exact) mass is 432 g/mol. The molecule has 2 atom stereocenters. The van der Waals surface area contributed by atoms with Crippen LogP contribution in [0.25, 0.3) is 0 Å². The van der Waals surface area contributed by atoms with Crippen LogP contribution in [-0.2, 0) is 0 Å². The van der Waals surface area contributed by atoms with Crippen LogP contribution in [0, 0.1) is 0 Å². The number of ether oxygens (including phenoxy) is 1. The standard InChI is InChI=1S/C22H25BrO4/c1-3-15(13-22(26)16-7-10-18(27-2)11-8-16)5-4-6-20(24)19-14-17(23)9-12-21(19)25/h4,7-12,14,20,22,24-26H,3,6,13H2,1-2H3/t5?,20-,22-/m1/s1. The van der Waals surface area contributed by atoms with Crippen molar-refractivity contribution in [1.29, 1.82) is 0 Å². The van der Waals surface area contributed by atoms with Gasteiger partial charge in [0.05, 0.1) is 19.3 Å². The van der Waals surface area contributed by atoms with Crippen LogP contribution in [0.15, 0.2) is 64.3 Å². The number of aliphatic hydroxyl groups is 2. The minimum atomic E-state index is -0.820. The van der Waals surface area contributed by atoms with E-state index in [-0.39, 0.29) is 5.75 Å². The van der Waals surface area contributed by atoms with Gasteiger partial charge < -0.3 is 20.1 Å². The summed E-state index contributed by atoms with van der Waals surface area (Å²) in [4.78, 5) is 0. The minimum absolute atomic E-state index is 0.0636. The van der Waals surface area contributed by atoms with Crippen LogP contribution in [0.2, 0.25) is 0 Å². The van der Waals surface area contributed by atoms with E-state index in [0.29, 0.717) is 18.4 Å². The first kappa shape index (κ1) is 21.3. The molecule has 0 aliphatic carbocycles. The number of hydrogen-bond acceptors (Lipinski definition) is 4. The quantitative estimate of drug-likeness (QED) is 0.501. The lowest BCUT2D eigenvalue weighted by Crippen LogP contribution is -1.99. The Morgan fingerprint density at radius 2 is 1.85 bits per heavy atom. The van der Waals surface area contributed by atoms with E-state index < -0.39 is 12.2 Å². The molecule has 0 aliphatic heterocycles. The van der Waals surface area contributed by atoms with E-state index in [4.69, 9.17) is 4.74 Å². The molecule has 0 bridgehead atoms. The summed E-state index contributed by atoms with van der Waals surface area (Å²) in [5.74, 6) is 0.815. The second-order valence-corrected chi connectivity index (χ2v) is 7.17. The van der Waals surface area contributed by atoms with E-state index in [1.807, 2.05) is 31.2 Å². The largest absolute Gasteiger partial charge is 0.508 e. The predicted octanol–water partition coefficient (Wildman–Crippen LogP) is 5.20. The Morgan fingerprint density at radius 1 is 1.15 bits per heavy atom. The highest BCUT2D eigenvalue weighted by atomic mass is 79.9. The second-order valence-electron chi connectivity index (χ2n) is 6.25. The number of phenols is 1. The highest BCUT2D eigenvalue weighted by molar-refractivity contribution is 9.10. The molecule has 2 aromatic rings. The molecule has 2 aromatic carbocycles. The number of halogens is 1. The Balaban J connectivity index is 2.04. The Bertz CT molecular complexity index is 808. The Kier molecular flexibility index (Phi) is 8.14. The Labute approximate surface area is 168 Å². The van der Waals surface area contributed by atoms with Gasteiger partial charge in [-0.15, -0.1) is 5.73 Å². The molecular formula is C22H25BrO4. The van der Waals surface area contributed by atoms with Crippen LogP contribution < -0.4 is 4.74 Å². The number of aromatic hydroxyl groups is 1. The first-order valence-corrected chi connectivity index (χ1v) is 9.65. The topological polar surface area (TPSA) is 69.9 Å². The molecule has 0 unspecified atom stereocenters. The van der Waals surface area contributed by atoms with Gasteiger partial charge in [-0.1, -0.05) is 35.0 Å². The third-order valence-corrected chi connectivity index (χ3v) is 4.86. The normalized spacial score (nSPS) is 12.8. The van der Waals surface area contributed by atoms with Crippen molar-refractivity contribution in [2.75, 3.05) is 7.11 Å². The molecule has 0 aliphatic rings. The van der Waals surface area contributed by atoms with Crippen molar-refractivity contribution in [3.8, 4) is 11.5 Å². The first-order valence-electron chi connectivity index (χ1n) is 8.86. The van der Waals surface area contributed by atoms with Crippen LogP contribution in [0.1, 0.15) is 49.5 Å². The van der Waals surface area contributed by atoms with Crippen molar-refractivity contribution in [1.82, 2.24) is 0 Å². The third kappa shape index (κ3) is 6.26. The number of aliphatic hydroxyl groups excluding tert-OH is 2. The fourth-order valence-corrected chi connectivity index (χ4v) is 3.10. The molecule has 0 aromatic heterocycles. The average molecular weight is 433 g/mol. The van der Waals surface area contributed by atoms with Gasteiger partial charge >= 0.3 is 0 Å². The SMILES string of the molecule is CCC(=C=CC[C@@H](O)c1cc(Br)ccc1O)C[C@@H](O)c1ccc(OC)cc1. The minimum Gasteiger partial charge on any atom is -0.508 e. The fraction of sp³-hybridized carbons (Fsp3) is 0.318. The molecule has 144 valence electrons. The predicted molar refractivity (Wildman–Crippen MR) is 110 cm³/mol. The number of phenolic OH excluding ortho intramolecular Hbond substituents is 1. The lowest BCUT2D eigenvalue weighted by atomic mass is 10.00. The maximum Gasteiger partial charge on any atom is 0.121 e. The van der Waals surface area contributed by atoms with E-state index in [9.17, 15) is 15.3 Å². The molecule has 0 spiro atoms. The third-order valence-electron chi connectivity index (χ3n) is 4.36. The average Bonchev–Trinajstić information content (AvgIpc) is 2.68. The van der Waals surface area contributed by atoms with Crippen LogP contribution in [0.3, 0.4) is 0 Å².